The predicted molar refractivity (Wildman–Crippen MR) is 57.4 cm³/mol. The van der Waals surface area contributed by atoms with Crippen LogP contribution in [0.4, 0.5) is 5.69 Å². The lowest BCUT2D eigenvalue weighted by Crippen LogP contribution is -1.88. The fourth-order valence-electron chi connectivity index (χ4n) is 1.37. The van der Waals surface area contributed by atoms with Crippen LogP contribution in [0.3, 0.4) is 0 Å². The van der Waals surface area contributed by atoms with Crippen molar-refractivity contribution in [1.82, 2.24) is 0 Å². The molecule has 0 saturated carbocycles. The van der Waals surface area contributed by atoms with Gasteiger partial charge in [0.15, 0.2) is 0 Å². The SMILES string of the molecule is O=[N+]([O-])c1[c]ccc(-c2ccccc2)c1. The molecule has 2 rings (SSSR count). The molecule has 0 aliphatic rings. The van der Waals surface area contributed by atoms with Gasteiger partial charge in [-0.1, -0.05) is 36.4 Å². The Morgan fingerprint density at radius 2 is 1.80 bits per heavy atom. The Kier molecular flexibility index (Phi) is 2.46. The molecular formula is C12H8NO2. The van der Waals surface area contributed by atoms with Gasteiger partial charge in [-0.25, -0.2) is 0 Å². The Morgan fingerprint density at radius 3 is 2.47 bits per heavy atom. The van der Waals surface area contributed by atoms with Gasteiger partial charge in [-0.05, 0) is 17.2 Å². The van der Waals surface area contributed by atoms with E-state index in [1.807, 2.05) is 36.4 Å². The van der Waals surface area contributed by atoms with Crippen LogP contribution in [0.1, 0.15) is 0 Å². The third-order valence-corrected chi connectivity index (χ3v) is 2.09. The van der Waals surface area contributed by atoms with Crippen LogP contribution in [0.25, 0.3) is 11.1 Å². The molecule has 2 aromatic carbocycles. The third-order valence-electron chi connectivity index (χ3n) is 2.09. The molecule has 15 heavy (non-hydrogen) atoms. The van der Waals surface area contributed by atoms with Crippen molar-refractivity contribution in [3.05, 3.63) is 64.7 Å². The Bertz CT molecular complexity index is 480. The smallest absolute Gasteiger partial charge is 0.258 e. The standard InChI is InChI=1S/C12H8NO2/c14-13(15)12-8-4-7-11(9-12)10-5-2-1-3-6-10/h1-7,9H. The molecule has 73 valence electrons. The summed E-state index contributed by atoms with van der Waals surface area (Å²) in [5.41, 5.74) is 1.80. The topological polar surface area (TPSA) is 43.1 Å². The summed E-state index contributed by atoms with van der Waals surface area (Å²) in [4.78, 5) is 10.1. The summed E-state index contributed by atoms with van der Waals surface area (Å²) in [6, 6.07) is 17.0. The number of hydrogen-bond acceptors (Lipinski definition) is 2. The second-order valence-electron chi connectivity index (χ2n) is 3.09. The van der Waals surface area contributed by atoms with Crippen molar-refractivity contribution in [3.8, 4) is 11.1 Å². The van der Waals surface area contributed by atoms with Gasteiger partial charge >= 0.3 is 0 Å². The molecule has 0 amide bonds. The third kappa shape index (κ3) is 2.02. The van der Waals surface area contributed by atoms with Gasteiger partial charge in [0.05, 0.1) is 11.0 Å². The zero-order valence-corrected chi connectivity index (χ0v) is 7.88. The molecule has 0 N–H and O–H groups in total. The van der Waals surface area contributed by atoms with Crippen LogP contribution >= 0.6 is 0 Å². The lowest BCUT2D eigenvalue weighted by atomic mass is 10.1. The molecule has 0 heterocycles. The van der Waals surface area contributed by atoms with Crippen LogP contribution in [-0.4, -0.2) is 4.92 Å². The number of nitrogens with zero attached hydrogens (tertiary/aromatic N) is 1. The zero-order valence-electron chi connectivity index (χ0n) is 7.88. The van der Waals surface area contributed by atoms with Crippen LogP contribution in [0.2, 0.25) is 0 Å². The minimum Gasteiger partial charge on any atom is -0.258 e. The predicted octanol–water partition coefficient (Wildman–Crippen LogP) is 3.06. The van der Waals surface area contributed by atoms with Gasteiger partial charge in [0.25, 0.3) is 5.69 Å². The number of nitro benzene ring substituents is 1. The van der Waals surface area contributed by atoms with E-state index in [1.54, 1.807) is 6.07 Å². The average Bonchev–Trinajstić information content (AvgIpc) is 2.30. The minimum absolute atomic E-state index is 0.00338. The molecule has 0 saturated heterocycles. The van der Waals surface area contributed by atoms with Crippen LogP contribution in [0.15, 0.2) is 48.5 Å². The molecule has 3 heteroatoms. The highest BCUT2D eigenvalue weighted by Crippen LogP contribution is 2.22. The maximum Gasteiger partial charge on any atom is 0.278 e. The monoisotopic (exact) mass is 198 g/mol. The van der Waals surface area contributed by atoms with Gasteiger partial charge < -0.3 is 0 Å². The van der Waals surface area contributed by atoms with Crippen molar-refractivity contribution in [2.75, 3.05) is 0 Å². The van der Waals surface area contributed by atoms with Crippen molar-refractivity contribution in [1.29, 1.82) is 0 Å². The van der Waals surface area contributed by atoms with Crippen LogP contribution < -0.4 is 0 Å². The van der Waals surface area contributed by atoms with Crippen molar-refractivity contribution < 1.29 is 4.92 Å². The van der Waals surface area contributed by atoms with E-state index in [4.69, 9.17) is 0 Å². The molecule has 2 aromatic rings. The summed E-state index contributed by atoms with van der Waals surface area (Å²) in [5.74, 6) is 0. The van der Waals surface area contributed by atoms with Gasteiger partial charge in [0, 0.05) is 6.07 Å². The Morgan fingerprint density at radius 1 is 1.07 bits per heavy atom. The maximum atomic E-state index is 10.6. The largest absolute Gasteiger partial charge is 0.278 e. The van der Waals surface area contributed by atoms with Crippen molar-refractivity contribution in [2.24, 2.45) is 0 Å². The number of rotatable bonds is 2. The zero-order chi connectivity index (χ0) is 10.7. The number of benzene rings is 2. The minimum atomic E-state index is -0.438. The van der Waals surface area contributed by atoms with E-state index in [0.29, 0.717) is 0 Å². The van der Waals surface area contributed by atoms with Crippen molar-refractivity contribution >= 4 is 5.69 Å². The quantitative estimate of drug-likeness (QED) is 0.549. The van der Waals surface area contributed by atoms with Crippen molar-refractivity contribution in [3.63, 3.8) is 0 Å². The molecule has 0 spiro atoms. The highest BCUT2D eigenvalue weighted by molar-refractivity contribution is 5.65. The van der Waals surface area contributed by atoms with E-state index in [-0.39, 0.29) is 5.69 Å². The first-order chi connectivity index (χ1) is 7.27. The summed E-state index contributed by atoms with van der Waals surface area (Å²) in [7, 11) is 0. The Hall–Kier alpha value is -2.16. The van der Waals surface area contributed by atoms with Gasteiger partial charge in [0.1, 0.15) is 0 Å². The summed E-state index contributed by atoms with van der Waals surface area (Å²) in [5, 5.41) is 10.6. The fourth-order valence-corrected chi connectivity index (χ4v) is 1.37. The lowest BCUT2D eigenvalue weighted by molar-refractivity contribution is -0.385. The normalized spacial score (nSPS) is 9.87. The first kappa shape index (κ1) is 9.40. The molecule has 0 aromatic heterocycles. The summed E-state index contributed by atoms with van der Waals surface area (Å²) in [6.07, 6.45) is 0. The Balaban J connectivity index is 2.46. The molecule has 0 aliphatic carbocycles. The second-order valence-corrected chi connectivity index (χ2v) is 3.09. The number of non-ortho nitro benzene ring substituents is 1. The van der Waals surface area contributed by atoms with E-state index < -0.39 is 4.92 Å². The molecule has 0 unspecified atom stereocenters. The lowest BCUT2D eigenvalue weighted by Gasteiger charge is -1.99. The maximum absolute atomic E-state index is 10.6. The van der Waals surface area contributed by atoms with E-state index in [0.717, 1.165) is 11.1 Å². The van der Waals surface area contributed by atoms with E-state index >= 15 is 0 Å². The van der Waals surface area contributed by atoms with Crippen LogP contribution in [0, 0.1) is 16.2 Å². The molecule has 0 fully saturated rings. The molecule has 0 atom stereocenters. The van der Waals surface area contributed by atoms with Crippen molar-refractivity contribution in [2.45, 2.75) is 0 Å². The van der Waals surface area contributed by atoms with Gasteiger partial charge in [-0.15, -0.1) is 0 Å². The van der Waals surface area contributed by atoms with Gasteiger partial charge in [-0.2, -0.15) is 0 Å². The van der Waals surface area contributed by atoms with Gasteiger partial charge in [0.2, 0.25) is 0 Å². The fraction of sp³-hybridized carbons (Fsp3) is 0. The summed E-state index contributed by atoms with van der Waals surface area (Å²) >= 11 is 0. The number of hydrogen-bond donors (Lipinski definition) is 0. The molecule has 1 radical (unpaired) electrons. The molecule has 0 aliphatic heterocycles. The molecule has 3 nitrogen and oxygen atoms in total. The van der Waals surface area contributed by atoms with Crippen LogP contribution in [-0.2, 0) is 0 Å². The number of nitro groups is 1. The van der Waals surface area contributed by atoms with E-state index in [2.05, 4.69) is 6.07 Å². The van der Waals surface area contributed by atoms with Crippen LogP contribution in [0.5, 0.6) is 0 Å². The highest BCUT2D eigenvalue weighted by Gasteiger charge is 2.06. The first-order valence-electron chi connectivity index (χ1n) is 4.49. The van der Waals surface area contributed by atoms with E-state index in [1.165, 1.54) is 6.07 Å². The van der Waals surface area contributed by atoms with Gasteiger partial charge in [-0.3, -0.25) is 10.1 Å². The summed E-state index contributed by atoms with van der Waals surface area (Å²) in [6.45, 7) is 0. The molecule has 0 bridgehead atoms. The average molecular weight is 198 g/mol. The molecular weight excluding hydrogens is 190 g/mol. The Labute approximate surface area is 87.1 Å². The first-order valence-corrected chi connectivity index (χ1v) is 4.49. The second kappa shape index (κ2) is 3.92. The van der Waals surface area contributed by atoms with E-state index in [9.17, 15) is 10.1 Å². The summed E-state index contributed by atoms with van der Waals surface area (Å²) < 4.78 is 0. The highest BCUT2D eigenvalue weighted by atomic mass is 16.6.